The van der Waals surface area contributed by atoms with Crippen LogP contribution < -0.4 is 10.7 Å². The van der Waals surface area contributed by atoms with E-state index in [0.717, 1.165) is 6.07 Å². The zero-order valence-corrected chi connectivity index (χ0v) is 9.84. The number of benzene rings is 1. The summed E-state index contributed by atoms with van der Waals surface area (Å²) < 4.78 is 5.34. The van der Waals surface area contributed by atoms with Gasteiger partial charge in [0.1, 0.15) is 5.58 Å². The van der Waals surface area contributed by atoms with E-state index in [0.29, 0.717) is 11.0 Å². The molecule has 1 heterocycles. The monoisotopic (exact) mass is 247 g/mol. The van der Waals surface area contributed by atoms with Crippen molar-refractivity contribution in [2.45, 2.75) is 13.0 Å². The van der Waals surface area contributed by atoms with Crippen LogP contribution in [0.25, 0.3) is 11.0 Å². The molecule has 0 aliphatic carbocycles. The third kappa shape index (κ3) is 2.57. The molecule has 0 bridgehead atoms. The summed E-state index contributed by atoms with van der Waals surface area (Å²) in [5.74, 6) is -0.571. The van der Waals surface area contributed by atoms with Crippen LogP contribution in [0, 0.1) is 0 Å². The lowest BCUT2D eigenvalue weighted by atomic mass is 10.2. The second-order valence-corrected chi connectivity index (χ2v) is 4.03. The molecule has 0 aliphatic rings. The standard InChI is InChI=1S/C13H13NO4/c1-8(15)7-14-13(17)12-6-10(16)9-4-2-3-5-11(9)18-12/h2-6,8,15H,7H2,1H3,(H,14,17). The lowest BCUT2D eigenvalue weighted by molar-refractivity contribution is 0.0897. The van der Waals surface area contributed by atoms with Crippen molar-refractivity contribution in [3.05, 3.63) is 46.3 Å². The molecule has 1 aromatic carbocycles. The number of amides is 1. The predicted octanol–water partition coefficient (Wildman–Crippen LogP) is 0.904. The zero-order chi connectivity index (χ0) is 13.1. The fourth-order valence-corrected chi connectivity index (χ4v) is 1.54. The SMILES string of the molecule is CC(O)CNC(=O)c1cc(=O)c2ccccc2o1. The number of aliphatic hydroxyl groups is 1. The Balaban J connectivity index is 2.35. The van der Waals surface area contributed by atoms with E-state index < -0.39 is 12.0 Å². The van der Waals surface area contributed by atoms with Gasteiger partial charge in [-0.25, -0.2) is 0 Å². The van der Waals surface area contributed by atoms with Crippen LogP contribution >= 0.6 is 0 Å². The van der Waals surface area contributed by atoms with Crippen molar-refractivity contribution < 1.29 is 14.3 Å². The Labute approximate surface area is 103 Å². The fraction of sp³-hybridized carbons (Fsp3) is 0.231. The van der Waals surface area contributed by atoms with Gasteiger partial charge >= 0.3 is 0 Å². The minimum absolute atomic E-state index is 0.0562. The molecule has 2 rings (SSSR count). The van der Waals surface area contributed by atoms with E-state index in [1.54, 1.807) is 31.2 Å². The van der Waals surface area contributed by atoms with Crippen LogP contribution in [0.5, 0.6) is 0 Å². The van der Waals surface area contributed by atoms with Gasteiger partial charge in [-0.05, 0) is 19.1 Å². The van der Waals surface area contributed by atoms with Crippen LogP contribution in [0.4, 0.5) is 0 Å². The summed E-state index contributed by atoms with van der Waals surface area (Å²) in [7, 11) is 0. The Kier molecular flexibility index (Phi) is 3.43. The summed E-state index contributed by atoms with van der Waals surface area (Å²) in [5.41, 5.74) is 0.103. The van der Waals surface area contributed by atoms with E-state index in [9.17, 15) is 9.59 Å². The maximum Gasteiger partial charge on any atom is 0.287 e. The molecule has 5 heteroatoms. The molecule has 0 spiro atoms. The van der Waals surface area contributed by atoms with Gasteiger partial charge in [0.15, 0.2) is 11.2 Å². The van der Waals surface area contributed by atoms with Gasteiger partial charge in [0.25, 0.3) is 5.91 Å². The number of hydrogen-bond donors (Lipinski definition) is 2. The second-order valence-electron chi connectivity index (χ2n) is 4.03. The number of para-hydroxylation sites is 1. The van der Waals surface area contributed by atoms with Crippen molar-refractivity contribution in [3.63, 3.8) is 0 Å². The van der Waals surface area contributed by atoms with Crippen molar-refractivity contribution in [2.24, 2.45) is 0 Å². The maximum atomic E-state index is 11.8. The average Bonchev–Trinajstić information content (AvgIpc) is 2.36. The van der Waals surface area contributed by atoms with Gasteiger partial charge < -0.3 is 14.8 Å². The summed E-state index contributed by atoms with van der Waals surface area (Å²) >= 11 is 0. The van der Waals surface area contributed by atoms with Gasteiger partial charge in [-0.3, -0.25) is 9.59 Å². The number of fused-ring (bicyclic) bond motifs is 1. The molecule has 0 fully saturated rings. The molecular formula is C13H13NO4. The highest BCUT2D eigenvalue weighted by atomic mass is 16.3. The smallest absolute Gasteiger partial charge is 0.287 e. The van der Waals surface area contributed by atoms with Crippen LogP contribution in [0.3, 0.4) is 0 Å². The second kappa shape index (κ2) is 5.01. The third-order valence-corrected chi connectivity index (χ3v) is 2.42. The van der Waals surface area contributed by atoms with Gasteiger partial charge in [0.2, 0.25) is 0 Å². The summed E-state index contributed by atoms with van der Waals surface area (Å²) in [6, 6.07) is 7.87. The number of carbonyl (C=O) groups is 1. The zero-order valence-electron chi connectivity index (χ0n) is 9.84. The van der Waals surface area contributed by atoms with E-state index in [-0.39, 0.29) is 17.7 Å². The topological polar surface area (TPSA) is 79.5 Å². The lowest BCUT2D eigenvalue weighted by Crippen LogP contribution is -2.31. The molecular weight excluding hydrogens is 234 g/mol. The van der Waals surface area contributed by atoms with Gasteiger partial charge in [0.05, 0.1) is 11.5 Å². The van der Waals surface area contributed by atoms with Gasteiger partial charge in [-0.1, -0.05) is 12.1 Å². The number of carbonyl (C=O) groups excluding carboxylic acids is 1. The Morgan fingerprint density at radius 1 is 1.44 bits per heavy atom. The highest BCUT2D eigenvalue weighted by molar-refractivity contribution is 5.93. The van der Waals surface area contributed by atoms with Gasteiger partial charge in [0, 0.05) is 12.6 Å². The normalized spacial score (nSPS) is 12.3. The van der Waals surface area contributed by atoms with Crippen LogP contribution in [0.2, 0.25) is 0 Å². The first kappa shape index (κ1) is 12.3. The van der Waals surface area contributed by atoms with E-state index in [4.69, 9.17) is 9.52 Å². The molecule has 0 saturated carbocycles. The minimum Gasteiger partial charge on any atom is -0.451 e. The first-order chi connectivity index (χ1) is 8.58. The molecule has 0 radical (unpaired) electrons. The van der Waals surface area contributed by atoms with Crippen molar-refractivity contribution in [1.82, 2.24) is 5.32 Å². The first-order valence-corrected chi connectivity index (χ1v) is 5.57. The van der Waals surface area contributed by atoms with Crippen LogP contribution in [0.15, 0.2) is 39.5 Å². The summed E-state index contributed by atoms with van der Waals surface area (Å²) in [5, 5.41) is 12.0. The number of nitrogens with one attached hydrogen (secondary N) is 1. The quantitative estimate of drug-likeness (QED) is 0.844. The van der Waals surface area contributed by atoms with Gasteiger partial charge in [-0.2, -0.15) is 0 Å². The largest absolute Gasteiger partial charge is 0.451 e. The minimum atomic E-state index is -0.652. The highest BCUT2D eigenvalue weighted by Gasteiger charge is 2.12. The molecule has 1 amide bonds. The third-order valence-electron chi connectivity index (χ3n) is 2.42. The molecule has 0 aliphatic heterocycles. The van der Waals surface area contributed by atoms with Crippen molar-refractivity contribution >= 4 is 16.9 Å². The average molecular weight is 247 g/mol. The summed E-state index contributed by atoms with van der Waals surface area (Å²) in [4.78, 5) is 23.4. The Hall–Kier alpha value is -2.14. The molecule has 5 nitrogen and oxygen atoms in total. The van der Waals surface area contributed by atoms with E-state index in [2.05, 4.69) is 5.32 Å². The molecule has 2 N–H and O–H groups in total. The molecule has 1 atom stereocenters. The lowest BCUT2D eigenvalue weighted by Gasteiger charge is -2.06. The van der Waals surface area contributed by atoms with Gasteiger partial charge in [-0.15, -0.1) is 0 Å². The Bertz CT molecular complexity index is 630. The van der Waals surface area contributed by atoms with Crippen molar-refractivity contribution in [1.29, 1.82) is 0 Å². The molecule has 18 heavy (non-hydrogen) atoms. The first-order valence-electron chi connectivity index (χ1n) is 5.57. The van der Waals surface area contributed by atoms with E-state index in [1.807, 2.05) is 0 Å². The van der Waals surface area contributed by atoms with Crippen LogP contribution in [0.1, 0.15) is 17.5 Å². The summed E-state index contributed by atoms with van der Waals surface area (Å²) in [6.45, 7) is 1.66. The predicted molar refractivity (Wildman–Crippen MR) is 66.5 cm³/mol. The van der Waals surface area contributed by atoms with Crippen molar-refractivity contribution in [3.8, 4) is 0 Å². The number of rotatable bonds is 3. The van der Waals surface area contributed by atoms with Crippen molar-refractivity contribution in [2.75, 3.05) is 6.54 Å². The molecule has 0 saturated heterocycles. The van der Waals surface area contributed by atoms with Crippen LogP contribution in [-0.4, -0.2) is 23.7 Å². The fourth-order valence-electron chi connectivity index (χ4n) is 1.54. The number of aliphatic hydroxyl groups excluding tert-OH is 1. The Morgan fingerprint density at radius 2 is 2.17 bits per heavy atom. The molecule has 2 aromatic rings. The van der Waals surface area contributed by atoms with E-state index in [1.165, 1.54) is 0 Å². The number of hydrogen-bond acceptors (Lipinski definition) is 4. The molecule has 94 valence electrons. The molecule has 1 unspecified atom stereocenters. The van der Waals surface area contributed by atoms with E-state index >= 15 is 0 Å². The van der Waals surface area contributed by atoms with Crippen LogP contribution in [-0.2, 0) is 0 Å². The summed E-state index contributed by atoms with van der Waals surface area (Å²) in [6.07, 6.45) is -0.652. The molecule has 1 aromatic heterocycles. The highest BCUT2D eigenvalue weighted by Crippen LogP contribution is 2.11. The maximum absolute atomic E-state index is 11.8. The Morgan fingerprint density at radius 3 is 2.89 bits per heavy atom.